The summed E-state index contributed by atoms with van der Waals surface area (Å²) >= 11 is 0. The SMILES string of the molecule is C#CC(NN)C1COCCO1. The Balaban J connectivity index is 2.38. The minimum atomic E-state index is -0.254. The third-order valence-corrected chi connectivity index (χ3v) is 1.57. The Morgan fingerprint density at radius 2 is 2.45 bits per heavy atom. The molecule has 4 nitrogen and oxygen atoms in total. The van der Waals surface area contributed by atoms with Crippen LogP contribution in [0.1, 0.15) is 0 Å². The quantitative estimate of drug-likeness (QED) is 0.302. The molecule has 0 aliphatic carbocycles. The standard InChI is InChI=1S/C7H12N2O2/c1-2-6(9-8)7-5-10-3-4-11-7/h1,6-7,9H,3-5,8H2. The molecule has 2 atom stereocenters. The molecule has 0 aromatic heterocycles. The van der Waals surface area contributed by atoms with E-state index < -0.39 is 0 Å². The average molecular weight is 156 g/mol. The molecule has 1 fully saturated rings. The maximum atomic E-state index is 5.31. The lowest BCUT2D eigenvalue weighted by atomic mass is 10.2. The Morgan fingerprint density at radius 1 is 1.64 bits per heavy atom. The fourth-order valence-electron chi connectivity index (χ4n) is 0.961. The fraction of sp³-hybridized carbons (Fsp3) is 0.714. The highest BCUT2D eigenvalue weighted by Gasteiger charge is 2.21. The molecule has 0 bridgehead atoms. The predicted octanol–water partition coefficient (Wildman–Crippen LogP) is -1.13. The molecule has 1 saturated heterocycles. The molecule has 11 heavy (non-hydrogen) atoms. The second kappa shape index (κ2) is 4.31. The van der Waals surface area contributed by atoms with E-state index in [0.717, 1.165) is 0 Å². The van der Waals surface area contributed by atoms with Crippen LogP contribution >= 0.6 is 0 Å². The summed E-state index contributed by atoms with van der Waals surface area (Å²) in [5.74, 6) is 7.67. The molecule has 4 heteroatoms. The number of nitrogens with two attached hydrogens (primary N) is 1. The Bertz CT molecular complexity index is 149. The lowest BCUT2D eigenvalue weighted by Crippen LogP contribution is -2.48. The van der Waals surface area contributed by atoms with Crippen molar-refractivity contribution in [3.05, 3.63) is 0 Å². The zero-order valence-corrected chi connectivity index (χ0v) is 6.25. The van der Waals surface area contributed by atoms with Gasteiger partial charge >= 0.3 is 0 Å². The van der Waals surface area contributed by atoms with E-state index >= 15 is 0 Å². The number of nitrogens with one attached hydrogen (secondary N) is 1. The normalized spacial score (nSPS) is 27.5. The maximum Gasteiger partial charge on any atom is 0.110 e. The molecule has 0 aromatic carbocycles. The molecule has 0 spiro atoms. The maximum absolute atomic E-state index is 5.31. The molecular weight excluding hydrogens is 144 g/mol. The van der Waals surface area contributed by atoms with Gasteiger partial charge in [-0.25, -0.2) is 5.43 Å². The van der Waals surface area contributed by atoms with Gasteiger partial charge in [-0.15, -0.1) is 6.42 Å². The summed E-state index contributed by atoms with van der Waals surface area (Å²) in [6, 6.07) is -0.254. The van der Waals surface area contributed by atoms with Crippen molar-refractivity contribution in [2.45, 2.75) is 12.1 Å². The van der Waals surface area contributed by atoms with E-state index in [1.165, 1.54) is 0 Å². The molecule has 3 N–H and O–H groups in total. The number of rotatable bonds is 2. The first-order valence-corrected chi connectivity index (χ1v) is 3.50. The monoisotopic (exact) mass is 156 g/mol. The smallest absolute Gasteiger partial charge is 0.110 e. The molecule has 1 aliphatic heterocycles. The number of hydrogen-bond acceptors (Lipinski definition) is 4. The Kier molecular flexibility index (Phi) is 3.33. The number of hydrazine groups is 1. The molecule has 2 unspecified atom stereocenters. The fourth-order valence-corrected chi connectivity index (χ4v) is 0.961. The van der Waals surface area contributed by atoms with E-state index in [1.54, 1.807) is 0 Å². The van der Waals surface area contributed by atoms with Gasteiger partial charge in [0.2, 0.25) is 0 Å². The number of terminal acetylenes is 1. The summed E-state index contributed by atoms with van der Waals surface area (Å²) in [6.07, 6.45) is 5.07. The van der Waals surface area contributed by atoms with E-state index in [4.69, 9.17) is 21.7 Å². The Labute approximate surface area is 66.0 Å². The minimum Gasteiger partial charge on any atom is -0.376 e. The van der Waals surface area contributed by atoms with E-state index in [2.05, 4.69) is 11.3 Å². The summed E-state index contributed by atoms with van der Waals surface area (Å²) in [7, 11) is 0. The van der Waals surface area contributed by atoms with Gasteiger partial charge in [0.1, 0.15) is 12.1 Å². The summed E-state index contributed by atoms with van der Waals surface area (Å²) in [6.45, 7) is 1.74. The minimum absolute atomic E-state index is 0.112. The molecule has 62 valence electrons. The van der Waals surface area contributed by atoms with Gasteiger partial charge in [-0.1, -0.05) is 5.92 Å². The molecule has 1 rings (SSSR count). The molecule has 0 aromatic rings. The molecule has 1 aliphatic rings. The number of hydrogen-bond donors (Lipinski definition) is 2. The van der Waals surface area contributed by atoms with Crippen LogP contribution in [-0.4, -0.2) is 32.0 Å². The Morgan fingerprint density at radius 3 is 2.91 bits per heavy atom. The predicted molar refractivity (Wildman–Crippen MR) is 40.5 cm³/mol. The highest BCUT2D eigenvalue weighted by Crippen LogP contribution is 2.03. The van der Waals surface area contributed by atoms with Gasteiger partial charge in [-0.2, -0.15) is 0 Å². The first kappa shape index (κ1) is 8.50. The topological polar surface area (TPSA) is 56.5 Å². The highest BCUT2D eigenvalue weighted by atomic mass is 16.6. The van der Waals surface area contributed by atoms with Crippen LogP contribution in [0.15, 0.2) is 0 Å². The summed E-state index contributed by atoms with van der Waals surface area (Å²) in [5, 5.41) is 0. The van der Waals surface area contributed by atoms with Crippen molar-refractivity contribution in [1.29, 1.82) is 0 Å². The van der Waals surface area contributed by atoms with Gasteiger partial charge in [0.05, 0.1) is 19.8 Å². The van der Waals surface area contributed by atoms with Crippen molar-refractivity contribution >= 4 is 0 Å². The van der Waals surface area contributed by atoms with Crippen LogP contribution in [0, 0.1) is 12.3 Å². The second-order valence-corrected chi connectivity index (χ2v) is 2.30. The zero-order valence-electron chi connectivity index (χ0n) is 6.25. The zero-order chi connectivity index (χ0) is 8.10. The van der Waals surface area contributed by atoms with Crippen LogP contribution in [0.4, 0.5) is 0 Å². The first-order chi connectivity index (χ1) is 5.38. The van der Waals surface area contributed by atoms with E-state index in [-0.39, 0.29) is 12.1 Å². The van der Waals surface area contributed by atoms with Crippen molar-refractivity contribution in [2.24, 2.45) is 5.84 Å². The van der Waals surface area contributed by atoms with Crippen molar-refractivity contribution in [3.8, 4) is 12.3 Å². The van der Waals surface area contributed by atoms with Crippen LogP contribution < -0.4 is 11.3 Å². The molecule has 0 amide bonds. The molecule has 1 heterocycles. The lowest BCUT2D eigenvalue weighted by Gasteiger charge is -2.26. The lowest BCUT2D eigenvalue weighted by molar-refractivity contribution is -0.0944. The largest absolute Gasteiger partial charge is 0.376 e. The third kappa shape index (κ3) is 2.17. The van der Waals surface area contributed by atoms with Crippen LogP contribution in [0.25, 0.3) is 0 Å². The third-order valence-electron chi connectivity index (χ3n) is 1.57. The molecule has 0 radical (unpaired) electrons. The van der Waals surface area contributed by atoms with Crippen molar-refractivity contribution in [1.82, 2.24) is 5.43 Å². The second-order valence-electron chi connectivity index (χ2n) is 2.30. The molecular formula is C7H12N2O2. The summed E-state index contributed by atoms with van der Waals surface area (Å²) in [4.78, 5) is 0. The average Bonchev–Trinajstić information content (AvgIpc) is 2.09. The van der Waals surface area contributed by atoms with E-state index in [9.17, 15) is 0 Å². The van der Waals surface area contributed by atoms with E-state index in [1.807, 2.05) is 0 Å². The van der Waals surface area contributed by atoms with Crippen LogP contribution in [0.2, 0.25) is 0 Å². The van der Waals surface area contributed by atoms with Gasteiger partial charge in [0.15, 0.2) is 0 Å². The highest BCUT2D eigenvalue weighted by molar-refractivity contribution is 5.02. The number of ether oxygens (including phenoxy) is 2. The van der Waals surface area contributed by atoms with Gasteiger partial charge < -0.3 is 9.47 Å². The van der Waals surface area contributed by atoms with Crippen LogP contribution in [0.3, 0.4) is 0 Å². The van der Waals surface area contributed by atoms with Gasteiger partial charge in [-0.3, -0.25) is 5.84 Å². The Hall–Kier alpha value is -0.600. The summed E-state index contributed by atoms with van der Waals surface area (Å²) in [5.41, 5.74) is 2.48. The first-order valence-electron chi connectivity index (χ1n) is 3.50. The van der Waals surface area contributed by atoms with Gasteiger partial charge in [-0.05, 0) is 0 Å². The molecule has 0 saturated carbocycles. The van der Waals surface area contributed by atoms with Crippen molar-refractivity contribution < 1.29 is 9.47 Å². The van der Waals surface area contributed by atoms with Gasteiger partial charge in [0.25, 0.3) is 0 Å². The van der Waals surface area contributed by atoms with Crippen LogP contribution in [-0.2, 0) is 9.47 Å². The van der Waals surface area contributed by atoms with Gasteiger partial charge in [0, 0.05) is 0 Å². The summed E-state index contributed by atoms with van der Waals surface area (Å²) < 4.78 is 10.5. The van der Waals surface area contributed by atoms with Crippen molar-refractivity contribution in [3.63, 3.8) is 0 Å². The van der Waals surface area contributed by atoms with Crippen molar-refractivity contribution in [2.75, 3.05) is 19.8 Å². The van der Waals surface area contributed by atoms with E-state index in [0.29, 0.717) is 19.8 Å². The van der Waals surface area contributed by atoms with Crippen LogP contribution in [0.5, 0.6) is 0 Å².